The topological polar surface area (TPSA) is 84.9 Å². The van der Waals surface area contributed by atoms with Crippen LogP contribution in [0, 0.1) is 0 Å². The fraction of sp³-hybridized carbons (Fsp3) is 0.562. The Morgan fingerprint density at radius 3 is 2.60 bits per heavy atom. The average molecular weight is 391 g/mol. The van der Waals surface area contributed by atoms with Crippen molar-refractivity contribution >= 4 is 28.4 Å². The number of carbonyl (C=O) groups excluding carboxylic acids is 1. The van der Waals surface area contributed by atoms with Gasteiger partial charge in [-0.3, -0.25) is 0 Å². The quantitative estimate of drug-likeness (QED) is 0.782. The Labute approximate surface area is 154 Å². The molecule has 2 saturated heterocycles. The van der Waals surface area contributed by atoms with Crippen molar-refractivity contribution in [1.82, 2.24) is 9.62 Å². The monoisotopic (exact) mass is 390 g/mol. The van der Waals surface area contributed by atoms with Gasteiger partial charge in [-0.1, -0.05) is 0 Å². The van der Waals surface area contributed by atoms with E-state index in [9.17, 15) is 13.2 Å². The first-order valence-electron chi connectivity index (χ1n) is 7.99. The summed E-state index contributed by atoms with van der Waals surface area (Å²) in [6, 6.07) is 4.28. The standard InChI is InChI=1S/C16H22N2O5S.ClH/c1-22-14-9-11(16(19)23-2)3-6-15(14)24(20,21)18-12-4-5-13(18)10-17-8-7-12;/h3,6,9,12-13,17H,4-5,7-8,10H2,1-2H3;1H. The van der Waals surface area contributed by atoms with Gasteiger partial charge in [0.2, 0.25) is 10.0 Å². The number of halogens is 1. The molecule has 1 aromatic carbocycles. The SMILES string of the molecule is COC(=O)c1ccc(S(=O)(=O)N2C3CCNCC2CC3)c(OC)c1.Cl. The Morgan fingerprint density at radius 2 is 1.92 bits per heavy atom. The van der Waals surface area contributed by atoms with Gasteiger partial charge in [-0.2, -0.15) is 4.31 Å². The summed E-state index contributed by atoms with van der Waals surface area (Å²) in [4.78, 5) is 11.8. The van der Waals surface area contributed by atoms with Crippen molar-refractivity contribution in [3.05, 3.63) is 23.8 Å². The van der Waals surface area contributed by atoms with Crippen molar-refractivity contribution < 1.29 is 22.7 Å². The third kappa shape index (κ3) is 3.62. The number of benzene rings is 1. The predicted octanol–water partition coefficient (Wildman–Crippen LogP) is 1.42. The summed E-state index contributed by atoms with van der Waals surface area (Å²) in [7, 11) is -1.02. The second kappa shape index (κ2) is 7.90. The molecule has 0 aromatic heterocycles. The number of ether oxygens (including phenoxy) is 2. The number of sulfonamides is 1. The smallest absolute Gasteiger partial charge is 0.337 e. The van der Waals surface area contributed by atoms with Crippen LogP contribution in [-0.2, 0) is 14.8 Å². The number of nitrogens with zero attached hydrogens (tertiary/aromatic N) is 1. The first-order chi connectivity index (χ1) is 11.5. The van der Waals surface area contributed by atoms with Crippen LogP contribution < -0.4 is 10.1 Å². The highest BCUT2D eigenvalue weighted by Crippen LogP contribution is 2.37. The van der Waals surface area contributed by atoms with E-state index in [-0.39, 0.29) is 40.7 Å². The van der Waals surface area contributed by atoms with Gasteiger partial charge < -0.3 is 14.8 Å². The summed E-state index contributed by atoms with van der Waals surface area (Å²) in [5, 5.41) is 3.29. The van der Waals surface area contributed by atoms with Gasteiger partial charge in [-0.15, -0.1) is 12.4 Å². The summed E-state index contributed by atoms with van der Waals surface area (Å²) in [6.45, 7) is 1.49. The predicted molar refractivity (Wildman–Crippen MR) is 94.9 cm³/mol. The fourth-order valence-electron chi connectivity index (χ4n) is 3.57. The van der Waals surface area contributed by atoms with E-state index in [4.69, 9.17) is 4.74 Å². The van der Waals surface area contributed by atoms with Crippen LogP contribution in [0.4, 0.5) is 0 Å². The number of methoxy groups -OCH3 is 2. The van der Waals surface area contributed by atoms with E-state index in [1.807, 2.05) is 0 Å². The van der Waals surface area contributed by atoms with Crippen molar-refractivity contribution in [2.75, 3.05) is 27.3 Å². The van der Waals surface area contributed by atoms with Gasteiger partial charge in [0, 0.05) is 18.6 Å². The molecule has 1 N–H and O–H groups in total. The zero-order valence-corrected chi connectivity index (χ0v) is 15.9. The van der Waals surface area contributed by atoms with Gasteiger partial charge in [0.05, 0.1) is 19.8 Å². The molecule has 25 heavy (non-hydrogen) atoms. The number of carbonyl (C=O) groups is 1. The van der Waals surface area contributed by atoms with E-state index in [0.29, 0.717) is 6.54 Å². The van der Waals surface area contributed by atoms with Crippen molar-refractivity contribution in [2.24, 2.45) is 0 Å². The molecule has 2 unspecified atom stereocenters. The van der Waals surface area contributed by atoms with Gasteiger partial charge in [0.1, 0.15) is 10.6 Å². The Bertz CT molecular complexity index is 726. The molecule has 2 aliphatic rings. The minimum Gasteiger partial charge on any atom is -0.495 e. The number of hydrogen-bond donors (Lipinski definition) is 1. The fourth-order valence-corrected chi connectivity index (χ4v) is 5.61. The van der Waals surface area contributed by atoms with Gasteiger partial charge in [-0.05, 0) is 44.0 Å². The van der Waals surface area contributed by atoms with Crippen LogP contribution in [0.25, 0.3) is 0 Å². The normalized spacial score (nSPS) is 23.4. The number of fused-ring (bicyclic) bond motifs is 2. The van der Waals surface area contributed by atoms with Gasteiger partial charge in [0.25, 0.3) is 0 Å². The molecular weight excluding hydrogens is 368 g/mol. The summed E-state index contributed by atoms with van der Waals surface area (Å²) in [5.41, 5.74) is 0.258. The Hall–Kier alpha value is -1.35. The highest BCUT2D eigenvalue weighted by molar-refractivity contribution is 7.89. The van der Waals surface area contributed by atoms with Crippen LogP contribution in [0.1, 0.15) is 29.6 Å². The van der Waals surface area contributed by atoms with Crippen LogP contribution in [-0.4, -0.2) is 58.1 Å². The molecule has 9 heteroatoms. The maximum absolute atomic E-state index is 13.2. The molecule has 1 aromatic rings. The number of nitrogens with one attached hydrogen (secondary N) is 1. The molecule has 2 aliphatic heterocycles. The Balaban J connectivity index is 0.00000225. The van der Waals surface area contributed by atoms with E-state index in [0.717, 1.165) is 25.8 Å². The van der Waals surface area contributed by atoms with Crippen LogP contribution in [0.3, 0.4) is 0 Å². The highest BCUT2D eigenvalue weighted by atomic mass is 35.5. The third-order valence-corrected chi connectivity index (χ3v) is 6.77. The van der Waals surface area contributed by atoms with Gasteiger partial charge in [0.15, 0.2) is 0 Å². The van der Waals surface area contributed by atoms with E-state index < -0.39 is 16.0 Å². The van der Waals surface area contributed by atoms with Crippen molar-refractivity contribution in [1.29, 1.82) is 0 Å². The van der Waals surface area contributed by atoms with Crippen molar-refractivity contribution in [2.45, 2.75) is 36.2 Å². The minimum atomic E-state index is -3.70. The zero-order valence-electron chi connectivity index (χ0n) is 14.2. The van der Waals surface area contributed by atoms with Crippen LogP contribution in [0.2, 0.25) is 0 Å². The van der Waals surface area contributed by atoms with Crippen molar-refractivity contribution in [3.63, 3.8) is 0 Å². The molecule has 2 heterocycles. The maximum Gasteiger partial charge on any atom is 0.337 e. The molecule has 0 aliphatic carbocycles. The molecular formula is C16H23ClN2O5S. The lowest BCUT2D eigenvalue weighted by atomic mass is 10.1. The molecule has 140 valence electrons. The lowest BCUT2D eigenvalue weighted by Crippen LogP contribution is -2.42. The lowest BCUT2D eigenvalue weighted by molar-refractivity contribution is 0.0600. The molecule has 0 spiro atoms. The second-order valence-electron chi connectivity index (χ2n) is 6.07. The number of hydrogen-bond acceptors (Lipinski definition) is 6. The first-order valence-corrected chi connectivity index (χ1v) is 9.43. The molecule has 0 radical (unpaired) electrons. The van der Waals surface area contributed by atoms with E-state index in [1.165, 1.54) is 32.4 Å². The third-order valence-electron chi connectivity index (χ3n) is 4.73. The van der Waals surface area contributed by atoms with Gasteiger partial charge >= 0.3 is 5.97 Å². The van der Waals surface area contributed by atoms with Crippen molar-refractivity contribution in [3.8, 4) is 5.75 Å². The summed E-state index contributed by atoms with van der Waals surface area (Å²) in [5.74, 6) is -0.370. The van der Waals surface area contributed by atoms with E-state index in [1.54, 1.807) is 4.31 Å². The maximum atomic E-state index is 13.2. The molecule has 2 atom stereocenters. The first kappa shape index (κ1) is 20.0. The number of esters is 1. The molecule has 0 amide bonds. The average Bonchev–Trinajstić information content (AvgIpc) is 2.87. The molecule has 7 nitrogen and oxygen atoms in total. The minimum absolute atomic E-state index is 0. The molecule has 3 rings (SSSR count). The highest BCUT2D eigenvalue weighted by Gasteiger charge is 2.44. The molecule has 2 fully saturated rings. The Morgan fingerprint density at radius 1 is 1.20 bits per heavy atom. The van der Waals surface area contributed by atoms with E-state index >= 15 is 0 Å². The molecule has 0 saturated carbocycles. The van der Waals surface area contributed by atoms with Crippen LogP contribution in [0.5, 0.6) is 5.75 Å². The van der Waals surface area contributed by atoms with Crippen LogP contribution in [0.15, 0.2) is 23.1 Å². The Kier molecular flexibility index (Phi) is 6.31. The molecule has 2 bridgehead atoms. The zero-order chi connectivity index (χ0) is 17.3. The second-order valence-corrected chi connectivity index (χ2v) is 7.88. The van der Waals surface area contributed by atoms with E-state index in [2.05, 4.69) is 10.1 Å². The number of rotatable bonds is 4. The summed E-state index contributed by atoms with van der Waals surface area (Å²) < 4.78 is 38.0. The lowest BCUT2D eigenvalue weighted by Gasteiger charge is -2.27. The van der Waals surface area contributed by atoms with Crippen LogP contribution >= 0.6 is 12.4 Å². The largest absolute Gasteiger partial charge is 0.495 e. The summed E-state index contributed by atoms with van der Waals surface area (Å²) >= 11 is 0. The van der Waals surface area contributed by atoms with Gasteiger partial charge in [-0.25, -0.2) is 13.2 Å². The summed E-state index contributed by atoms with van der Waals surface area (Å²) in [6.07, 6.45) is 2.55.